The maximum Gasteiger partial charge on any atom is 0.282 e. The van der Waals surface area contributed by atoms with Crippen molar-refractivity contribution in [3.8, 4) is 11.8 Å². The van der Waals surface area contributed by atoms with E-state index in [0.29, 0.717) is 0 Å². The molecule has 0 aliphatic carbocycles. The van der Waals surface area contributed by atoms with Crippen LogP contribution < -0.4 is 5.32 Å². The average Bonchev–Trinajstić information content (AvgIpc) is 1.99. The molecule has 0 aliphatic rings. The second kappa shape index (κ2) is 5.05. The molecule has 0 amide bonds. The second-order valence-corrected chi connectivity index (χ2v) is 2.04. The summed E-state index contributed by atoms with van der Waals surface area (Å²) in [5, 5.41) is 10.5. The van der Waals surface area contributed by atoms with Gasteiger partial charge in [-0.15, -0.1) is 5.92 Å². The summed E-state index contributed by atoms with van der Waals surface area (Å²) in [4.78, 5) is 0. The van der Waals surface area contributed by atoms with Crippen LogP contribution in [0.15, 0.2) is 0 Å². The Morgan fingerprint density at radius 3 is 2.64 bits per heavy atom. The van der Waals surface area contributed by atoms with Gasteiger partial charge in [-0.2, -0.15) is 0 Å². The third-order valence-corrected chi connectivity index (χ3v) is 1.01. The number of nitrogens with one attached hydrogen (secondary N) is 1. The molecule has 0 saturated heterocycles. The van der Waals surface area contributed by atoms with E-state index >= 15 is 0 Å². The lowest BCUT2D eigenvalue weighted by Crippen LogP contribution is -2.35. The Kier molecular flexibility index (Phi) is 4.75. The monoisotopic (exact) mass is 163 g/mol. The van der Waals surface area contributed by atoms with Gasteiger partial charge in [-0.1, -0.05) is 5.92 Å². The predicted molar refractivity (Wildman–Crippen MR) is 38.4 cm³/mol. The third-order valence-electron chi connectivity index (χ3n) is 1.01. The minimum absolute atomic E-state index is 0.228. The molecule has 0 bridgehead atoms. The predicted octanol–water partition coefficient (Wildman–Crippen LogP) is 0.227. The normalized spacial score (nSPS) is 10.5. The summed E-state index contributed by atoms with van der Waals surface area (Å²) in [6.07, 6.45) is 0. The molecule has 2 N–H and O–H groups in total. The van der Waals surface area contributed by atoms with Crippen LogP contribution in [0.4, 0.5) is 8.78 Å². The zero-order valence-electron chi connectivity index (χ0n) is 6.32. The highest BCUT2D eigenvalue weighted by Crippen LogP contribution is 2.08. The second-order valence-electron chi connectivity index (χ2n) is 2.04. The fourth-order valence-electron chi connectivity index (χ4n) is 0.452. The lowest BCUT2D eigenvalue weighted by atomic mass is 10.3. The summed E-state index contributed by atoms with van der Waals surface area (Å²) in [5.41, 5.74) is 0. The number of hydrogen-bond acceptors (Lipinski definition) is 2. The van der Waals surface area contributed by atoms with E-state index in [-0.39, 0.29) is 6.54 Å². The Bertz CT molecular complexity index is 160. The fraction of sp³-hybridized carbons (Fsp3) is 0.714. The number of alkyl halides is 2. The third kappa shape index (κ3) is 5.77. The number of rotatable bonds is 4. The zero-order valence-corrected chi connectivity index (χ0v) is 6.32. The fourth-order valence-corrected chi connectivity index (χ4v) is 0.452. The molecule has 0 rings (SSSR count). The largest absolute Gasteiger partial charge is 0.390 e. The van der Waals surface area contributed by atoms with Crippen LogP contribution in [0, 0.1) is 11.8 Å². The van der Waals surface area contributed by atoms with Crippen molar-refractivity contribution in [3.05, 3.63) is 0 Å². The van der Waals surface area contributed by atoms with E-state index in [1.807, 2.05) is 0 Å². The summed E-state index contributed by atoms with van der Waals surface area (Å²) in [5.74, 6) is 2.09. The molecule has 0 heterocycles. The molecule has 0 aromatic carbocycles. The van der Waals surface area contributed by atoms with Gasteiger partial charge in [-0.05, 0) is 6.92 Å². The first kappa shape index (κ1) is 10.3. The van der Waals surface area contributed by atoms with Crippen LogP contribution in [0.5, 0.6) is 0 Å². The van der Waals surface area contributed by atoms with Gasteiger partial charge >= 0.3 is 0 Å². The Labute approximate surface area is 64.6 Å². The highest BCUT2D eigenvalue weighted by atomic mass is 19.3. The first-order valence-corrected chi connectivity index (χ1v) is 3.21. The summed E-state index contributed by atoms with van der Waals surface area (Å²) < 4.78 is 24.4. The van der Waals surface area contributed by atoms with Crippen LogP contribution >= 0.6 is 0 Å². The molecule has 0 atom stereocenters. The minimum atomic E-state index is -3.03. The van der Waals surface area contributed by atoms with Crippen LogP contribution in [-0.4, -0.2) is 30.7 Å². The molecule has 0 saturated carbocycles. The van der Waals surface area contributed by atoms with E-state index in [1.54, 1.807) is 6.92 Å². The van der Waals surface area contributed by atoms with Gasteiger partial charge < -0.3 is 10.4 Å². The zero-order chi connectivity index (χ0) is 8.74. The molecule has 0 radical (unpaired) electrons. The molecule has 0 aromatic heterocycles. The Morgan fingerprint density at radius 1 is 1.55 bits per heavy atom. The van der Waals surface area contributed by atoms with Crippen LogP contribution in [0.25, 0.3) is 0 Å². The van der Waals surface area contributed by atoms with E-state index < -0.39 is 19.1 Å². The number of aliphatic hydroxyl groups excluding tert-OH is 1. The van der Waals surface area contributed by atoms with Crippen molar-refractivity contribution >= 4 is 0 Å². The van der Waals surface area contributed by atoms with Crippen molar-refractivity contribution in [3.63, 3.8) is 0 Å². The molecule has 0 aromatic rings. The molecule has 11 heavy (non-hydrogen) atoms. The highest BCUT2D eigenvalue weighted by molar-refractivity contribution is 4.97. The van der Waals surface area contributed by atoms with Crippen molar-refractivity contribution < 1.29 is 13.9 Å². The molecular formula is C7H11F2NO. The summed E-state index contributed by atoms with van der Waals surface area (Å²) >= 11 is 0. The topological polar surface area (TPSA) is 32.3 Å². The molecule has 4 heteroatoms. The van der Waals surface area contributed by atoms with E-state index in [1.165, 1.54) is 0 Å². The molecule has 0 unspecified atom stereocenters. The van der Waals surface area contributed by atoms with Crippen LogP contribution in [0.2, 0.25) is 0 Å². The molecule has 0 aliphatic heterocycles. The number of halogens is 2. The average molecular weight is 163 g/mol. The highest BCUT2D eigenvalue weighted by Gasteiger charge is 2.26. The van der Waals surface area contributed by atoms with Gasteiger partial charge in [0.15, 0.2) is 0 Å². The van der Waals surface area contributed by atoms with E-state index in [2.05, 4.69) is 17.2 Å². The molecule has 0 fully saturated rings. The van der Waals surface area contributed by atoms with Gasteiger partial charge in [0.2, 0.25) is 0 Å². The number of hydrogen-bond donors (Lipinski definition) is 2. The van der Waals surface area contributed by atoms with Gasteiger partial charge in [0, 0.05) is 0 Å². The van der Waals surface area contributed by atoms with Crippen LogP contribution in [0.3, 0.4) is 0 Å². The van der Waals surface area contributed by atoms with E-state index in [4.69, 9.17) is 5.11 Å². The summed E-state index contributed by atoms with van der Waals surface area (Å²) in [6.45, 7) is 0.204. The molecule has 64 valence electrons. The molecular weight excluding hydrogens is 152 g/mol. The standard InChI is InChI=1S/C7H11F2NO/c1-2-3-4-10-5-7(8,9)6-11/h10-11H,4-6H2,1H3. The smallest absolute Gasteiger partial charge is 0.282 e. The van der Waals surface area contributed by atoms with Crippen molar-refractivity contribution in [2.45, 2.75) is 12.8 Å². The minimum Gasteiger partial charge on any atom is -0.390 e. The molecule has 2 nitrogen and oxygen atoms in total. The van der Waals surface area contributed by atoms with Crippen LogP contribution in [0.1, 0.15) is 6.92 Å². The van der Waals surface area contributed by atoms with E-state index in [9.17, 15) is 8.78 Å². The van der Waals surface area contributed by atoms with Crippen molar-refractivity contribution in [2.75, 3.05) is 19.7 Å². The quantitative estimate of drug-likeness (QED) is 0.459. The van der Waals surface area contributed by atoms with Crippen molar-refractivity contribution in [1.82, 2.24) is 5.32 Å². The van der Waals surface area contributed by atoms with Gasteiger partial charge in [0.1, 0.15) is 6.61 Å². The van der Waals surface area contributed by atoms with Crippen LogP contribution in [-0.2, 0) is 0 Å². The number of aliphatic hydroxyl groups is 1. The Hall–Kier alpha value is -0.660. The SMILES string of the molecule is CC#CCNCC(F)(F)CO. The summed E-state index contributed by atoms with van der Waals surface area (Å²) in [7, 11) is 0. The van der Waals surface area contributed by atoms with Gasteiger partial charge in [-0.25, -0.2) is 8.78 Å². The maximum atomic E-state index is 12.2. The van der Waals surface area contributed by atoms with Gasteiger partial charge in [0.25, 0.3) is 5.92 Å². The first-order valence-electron chi connectivity index (χ1n) is 3.21. The lowest BCUT2D eigenvalue weighted by molar-refractivity contribution is -0.0468. The van der Waals surface area contributed by atoms with Gasteiger partial charge in [-0.3, -0.25) is 0 Å². The maximum absolute atomic E-state index is 12.2. The Balaban J connectivity index is 3.42. The first-order chi connectivity index (χ1) is 5.12. The molecule has 0 spiro atoms. The lowest BCUT2D eigenvalue weighted by Gasteiger charge is -2.11. The van der Waals surface area contributed by atoms with E-state index in [0.717, 1.165) is 0 Å². The van der Waals surface area contributed by atoms with Gasteiger partial charge in [0.05, 0.1) is 13.1 Å². The van der Waals surface area contributed by atoms with Crippen molar-refractivity contribution in [1.29, 1.82) is 0 Å². The van der Waals surface area contributed by atoms with Crippen molar-refractivity contribution in [2.24, 2.45) is 0 Å². The summed E-state index contributed by atoms with van der Waals surface area (Å²) in [6, 6.07) is 0. The Morgan fingerprint density at radius 2 is 2.18 bits per heavy atom.